The Kier molecular flexibility index (Phi) is 2.83. The number of hydrogen-bond acceptors (Lipinski definition) is 2. The summed E-state index contributed by atoms with van der Waals surface area (Å²) in [5, 5.41) is 6.02. The van der Waals surface area contributed by atoms with E-state index in [0.29, 0.717) is 0 Å². The molecule has 0 N–H and O–H groups in total. The van der Waals surface area contributed by atoms with Crippen molar-refractivity contribution in [2.24, 2.45) is 0 Å². The van der Waals surface area contributed by atoms with Crippen molar-refractivity contribution in [1.82, 2.24) is 9.97 Å². The van der Waals surface area contributed by atoms with E-state index in [9.17, 15) is 0 Å². The number of aromatic nitrogens is 2. The molecule has 5 aromatic rings. The quantitative estimate of drug-likeness (QED) is 0.376. The van der Waals surface area contributed by atoms with Crippen molar-refractivity contribution in [3.63, 3.8) is 0 Å². The van der Waals surface area contributed by atoms with Gasteiger partial charge in [-0.05, 0) is 57.9 Å². The highest BCUT2D eigenvalue weighted by molar-refractivity contribution is 6.04. The highest BCUT2D eigenvalue weighted by Crippen LogP contribution is 2.31. The van der Waals surface area contributed by atoms with Crippen molar-refractivity contribution in [3.8, 4) is 11.3 Å². The van der Waals surface area contributed by atoms with Crippen molar-refractivity contribution in [2.75, 3.05) is 0 Å². The van der Waals surface area contributed by atoms with Crippen molar-refractivity contribution < 1.29 is 0 Å². The SMILES string of the molecule is c1ccc2cc3c(-c4ccc5cccnc5n4)cccc3cc2c1. The Morgan fingerprint density at radius 3 is 2.29 bits per heavy atom. The van der Waals surface area contributed by atoms with Crippen LogP contribution in [0.1, 0.15) is 0 Å². The van der Waals surface area contributed by atoms with Crippen LogP contribution < -0.4 is 0 Å². The minimum Gasteiger partial charge on any atom is -0.237 e. The van der Waals surface area contributed by atoms with Crippen LogP contribution in [0.15, 0.2) is 85.1 Å². The second kappa shape index (κ2) is 5.14. The Morgan fingerprint density at radius 1 is 0.583 bits per heavy atom. The molecule has 24 heavy (non-hydrogen) atoms. The van der Waals surface area contributed by atoms with Gasteiger partial charge in [-0.3, -0.25) is 0 Å². The molecule has 0 aliphatic carbocycles. The molecule has 2 aromatic heterocycles. The predicted octanol–water partition coefficient (Wildman–Crippen LogP) is 5.60. The summed E-state index contributed by atoms with van der Waals surface area (Å²) in [5.74, 6) is 0. The zero-order valence-electron chi connectivity index (χ0n) is 13.0. The van der Waals surface area contributed by atoms with E-state index < -0.39 is 0 Å². The lowest BCUT2D eigenvalue weighted by atomic mass is 9.98. The van der Waals surface area contributed by atoms with Gasteiger partial charge in [-0.1, -0.05) is 42.5 Å². The molecule has 5 rings (SSSR count). The molecule has 0 spiro atoms. The van der Waals surface area contributed by atoms with E-state index in [2.05, 4.69) is 71.7 Å². The number of pyridine rings is 2. The number of fused-ring (bicyclic) bond motifs is 3. The van der Waals surface area contributed by atoms with Crippen LogP contribution in [0.5, 0.6) is 0 Å². The first-order chi connectivity index (χ1) is 11.9. The molecule has 0 atom stereocenters. The Morgan fingerprint density at radius 2 is 1.38 bits per heavy atom. The number of rotatable bonds is 1. The monoisotopic (exact) mass is 306 g/mol. The van der Waals surface area contributed by atoms with Crippen LogP contribution in [0.4, 0.5) is 0 Å². The maximum Gasteiger partial charge on any atom is 0.159 e. The lowest BCUT2D eigenvalue weighted by Crippen LogP contribution is -1.89. The van der Waals surface area contributed by atoms with Crippen molar-refractivity contribution >= 4 is 32.6 Å². The van der Waals surface area contributed by atoms with Crippen molar-refractivity contribution in [2.45, 2.75) is 0 Å². The smallest absolute Gasteiger partial charge is 0.159 e. The third-order valence-electron chi connectivity index (χ3n) is 4.49. The molecule has 0 unspecified atom stereocenters. The van der Waals surface area contributed by atoms with E-state index in [1.54, 1.807) is 6.20 Å². The molecule has 0 saturated carbocycles. The van der Waals surface area contributed by atoms with E-state index in [1.807, 2.05) is 12.1 Å². The summed E-state index contributed by atoms with van der Waals surface area (Å²) in [6.45, 7) is 0. The van der Waals surface area contributed by atoms with Gasteiger partial charge in [0.2, 0.25) is 0 Å². The number of hydrogen-bond donors (Lipinski definition) is 0. The fourth-order valence-electron chi connectivity index (χ4n) is 3.29. The van der Waals surface area contributed by atoms with Gasteiger partial charge in [-0.15, -0.1) is 0 Å². The van der Waals surface area contributed by atoms with E-state index in [0.717, 1.165) is 22.3 Å². The maximum absolute atomic E-state index is 4.76. The molecule has 3 aromatic carbocycles. The first-order valence-electron chi connectivity index (χ1n) is 8.02. The van der Waals surface area contributed by atoms with Crippen LogP contribution in [0.25, 0.3) is 43.8 Å². The Balaban J connectivity index is 1.82. The van der Waals surface area contributed by atoms with Gasteiger partial charge in [0.15, 0.2) is 5.65 Å². The van der Waals surface area contributed by atoms with Gasteiger partial charge >= 0.3 is 0 Å². The van der Waals surface area contributed by atoms with Crippen molar-refractivity contribution in [1.29, 1.82) is 0 Å². The molecule has 0 saturated heterocycles. The van der Waals surface area contributed by atoms with Crippen LogP contribution in [-0.2, 0) is 0 Å². The summed E-state index contributed by atoms with van der Waals surface area (Å²) in [7, 11) is 0. The third-order valence-corrected chi connectivity index (χ3v) is 4.49. The molecule has 0 amide bonds. The molecule has 0 radical (unpaired) electrons. The van der Waals surface area contributed by atoms with E-state index in [-0.39, 0.29) is 0 Å². The van der Waals surface area contributed by atoms with E-state index in [4.69, 9.17) is 4.98 Å². The van der Waals surface area contributed by atoms with Gasteiger partial charge < -0.3 is 0 Å². The van der Waals surface area contributed by atoms with Gasteiger partial charge in [0.25, 0.3) is 0 Å². The Bertz CT molecular complexity index is 1210. The zero-order valence-corrected chi connectivity index (χ0v) is 13.0. The topological polar surface area (TPSA) is 25.8 Å². The van der Waals surface area contributed by atoms with Crippen LogP contribution >= 0.6 is 0 Å². The Hall–Kier alpha value is -3.26. The molecule has 0 bridgehead atoms. The normalized spacial score (nSPS) is 11.3. The van der Waals surface area contributed by atoms with E-state index >= 15 is 0 Å². The molecule has 0 aliphatic heterocycles. The summed E-state index contributed by atoms with van der Waals surface area (Å²) in [4.78, 5) is 9.15. The molecular formula is C22H14N2. The second-order valence-electron chi connectivity index (χ2n) is 5.97. The number of nitrogens with zero attached hydrogens (tertiary/aromatic N) is 2. The fraction of sp³-hybridized carbons (Fsp3) is 0. The average Bonchev–Trinajstić information content (AvgIpc) is 2.65. The largest absolute Gasteiger partial charge is 0.237 e. The molecule has 0 aliphatic rings. The highest BCUT2D eigenvalue weighted by Gasteiger charge is 2.07. The van der Waals surface area contributed by atoms with Crippen LogP contribution in [0.2, 0.25) is 0 Å². The summed E-state index contributed by atoms with van der Waals surface area (Å²) >= 11 is 0. The standard InChI is InChI=1S/C22H14N2/c1-2-6-17-14-20-18(13-16(17)5-1)7-3-9-19(20)21-11-10-15-8-4-12-23-22(15)24-21/h1-14H. The van der Waals surface area contributed by atoms with Crippen LogP contribution in [0.3, 0.4) is 0 Å². The van der Waals surface area contributed by atoms with Gasteiger partial charge in [0, 0.05) is 17.1 Å². The van der Waals surface area contributed by atoms with E-state index in [1.165, 1.54) is 21.5 Å². The molecule has 0 fully saturated rings. The molecule has 2 nitrogen and oxygen atoms in total. The highest BCUT2D eigenvalue weighted by atomic mass is 14.8. The molecule has 2 heteroatoms. The Labute approximate surface area is 139 Å². The summed E-state index contributed by atoms with van der Waals surface area (Å²) in [6.07, 6.45) is 1.79. The zero-order chi connectivity index (χ0) is 15.9. The van der Waals surface area contributed by atoms with Gasteiger partial charge in [-0.2, -0.15) is 0 Å². The average molecular weight is 306 g/mol. The first kappa shape index (κ1) is 13.2. The lowest BCUT2D eigenvalue weighted by molar-refractivity contribution is 1.29. The minimum atomic E-state index is 0.785. The lowest BCUT2D eigenvalue weighted by Gasteiger charge is -2.09. The van der Waals surface area contributed by atoms with Crippen LogP contribution in [-0.4, -0.2) is 9.97 Å². The molecule has 112 valence electrons. The molecule has 2 heterocycles. The fourth-order valence-corrected chi connectivity index (χ4v) is 3.29. The molecular weight excluding hydrogens is 292 g/mol. The summed E-state index contributed by atoms with van der Waals surface area (Å²) < 4.78 is 0. The second-order valence-corrected chi connectivity index (χ2v) is 5.97. The maximum atomic E-state index is 4.76. The first-order valence-corrected chi connectivity index (χ1v) is 8.02. The van der Waals surface area contributed by atoms with Crippen LogP contribution in [0, 0.1) is 0 Å². The summed E-state index contributed by atoms with van der Waals surface area (Å²) in [5.41, 5.74) is 2.89. The third kappa shape index (κ3) is 2.04. The van der Waals surface area contributed by atoms with Crippen molar-refractivity contribution in [3.05, 3.63) is 85.1 Å². The minimum absolute atomic E-state index is 0.785. The van der Waals surface area contributed by atoms with Gasteiger partial charge in [-0.25, -0.2) is 9.97 Å². The summed E-state index contributed by atoms with van der Waals surface area (Å²) in [6, 6.07) is 27.5. The number of benzene rings is 3. The van der Waals surface area contributed by atoms with Gasteiger partial charge in [0.05, 0.1) is 5.69 Å². The van der Waals surface area contributed by atoms with Gasteiger partial charge in [0.1, 0.15) is 0 Å². The predicted molar refractivity (Wildman–Crippen MR) is 100.0 cm³/mol.